The third-order valence-corrected chi connectivity index (χ3v) is 8.04. The van der Waals surface area contributed by atoms with Gasteiger partial charge in [-0.3, -0.25) is 18.6 Å². The number of imidazole rings is 1. The average molecular weight is 525 g/mol. The van der Waals surface area contributed by atoms with Crippen LogP contribution in [0, 0.1) is 6.92 Å². The molecule has 4 heterocycles. The Morgan fingerprint density at radius 3 is 2.69 bits per heavy atom. The van der Waals surface area contributed by atoms with Crippen molar-refractivity contribution < 1.29 is 0 Å². The second-order valence-electron chi connectivity index (χ2n) is 9.12. The summed E-state index contributed by atoms with van der Waals surface area (Å²) >= 11 is 7.84. The molecule has 5 rings (SSSR count). The predicted molar refractivity (Wildman–Crippen MR) is 145 cm³/mol. The van der Waals surface area contributed by atoms with E-state index in [1.807, 2.05) is 17.1 Å². The van der Waals surface area contributed by atoms with E-state index in [0.717, 1.165) is 37.8 Å². The summed E-state index contributed by atoms with van der Waals surface area (Å²) in [6, 6.07) is 8.45. The van der Waals surface area contributed by atoms with E-state index in [-0.39, 0.29) is 22.0 Å². The van der Waals surface area contributed by atoms with Crippen LogP contribution in [-0.2, 0) is 26.1 Å². The number of benzene rings is 1. The molecule has 0 spiro atoms. The molecule has 1 N–H and O–H groups in total. The van der Waals surface area contributed by atoms with Gasteiger partial charge in [0.05, 0.1) is 12.7 Å². The van der Waals surface area contributed by atoms with Gasteiger partial charge < -0.3 is 4.98 Å². The Kier molecular flexibility index (Phi) is 7.11. The van der Waals surface area contributed by atoms with Gasteiger partial charge in [0, 0.05) is 28.9 Å². The molecule has 0 saturated carbocycles. The van der Waals surface area contributed by atoms with Gasteiger partial charge in [0.25, 0.3) is 5.56 Å². The maximum Gasteiger partial charge on any atom is 0.332 e. The van der Waals surface area contributed by atoms with Gasteiger partial charge in [-0.2, -0.15) is 10.1 Å². The van der Waals surface area contributed by atoms with Crippen molar-refractivity contribution in [3.8, 4) is 0 Å². The van der Waals surface area contributed by atoms with Crippen LogP contribution in [-0.4, -0.2) is 28.9 Å². The summed E-state index contributed by atoms with van der Waals surface area (Å²) in [5, 5.41) is 5.96. The number of rotatable bonds is 10. The van der Waals surface area contributed by atoms with Crippen LogP contribution in [0.15, 0.2) is 46.2 Å². The fourth-order valence-electron chi connectivity index (χ4n) is 4.64. The van der Waals surface area contributed by atoms with E-state index in [9.17, 15) is 9.59 Å². The first-order valence-electron chi connectivity index (χ1n) is 12.3. The average Bonchev–Trinajstić information content (AvgIpc) is 3.56. The van der Waals surface area contributed by atoms with E-state index >= 15 is 0 Å². The number of hydrogen-bond donors (Lipinski definition) is 1. The molecule has 0 radical (unpaired) electrons. The number of fused-ring (bicyclic) bond motifs is 2. The number of nitrogens with one attached hydrogen (secondary N) is 1. The minimum Gasteiger partial charge on any atom is -0.323 e. The van der Waals surface area contributed by atoms with Crippen LogP contribution >= 0.6 is 22.9 Å². The van der Waals surface area contributed by atoms with Crippen LogP contribution in [0.25, 0.3) is 21.3 Å². The number of H-pyrrole nitrogens is 1. The van der Waals surface area contributed by atoms with Crippen molar-refractivity contribution in [3.05, 3.63) is 78.8 Å². The Morgan fingerprint density at radius 1 is 1.08 bits per heavy atom. The fraction of sp³-hybridized carbons (Fsp3) is 0.385. The molecule has 4 aromatic heterocycles. The topological polar surface area (TPSA) is 90.5 Å². The molecule has 0 amide bonds. The Bertz CT molecular complexity index is 1640. The second kappa shape index (κ2) is 10.4. The van der Waals surface area contributed by atoms with Gasteiger partial charge >= 0.3 is 5.69 Å². The molecule has 0 bridgehead atoms. The van der Waals surface area contributed by atoms with Crippen molar-refractivity contribution >= 4 is 44.2 Å². The van der Waals surface area contributed by atoms with Crippen molar-refractivity contribution in [3.63, 3.8) is 0 Å². The molecule has 0 atom stereocenters. The number of hydrogen-bond acceptors (Lipinski definition) is 5. The molecule has 0 fully saturated rings. The van der Waals surface area contributed by atoms with Gasteiger partial charge in [-0.05, 0) is 60.4 Å². The summed E-state index contributed by atoms with van der Waals surface area (Å²) in [5.41, 5.74) is 2.29. The number of aromatic nitrogens is 6. The molecule has 8 nitrogen and oxygen atoms in total. The first-order valence-corrected chi connectivity index (χ1v) is 13.5. The maximum atomic E-state index is 13.2. The van der Waals surface area contributed by atoms with Crippen molar-refractivity contribution in [1.29, 1.82) is 0 Å². The Balaban J connectivity index is 1.30. The largest absolute Gasteiger partial charge is 0.332 e. The zero-order chi connectivity index (χ0) is 25.2. The van der Waals surface area contributed by atoms with E-state index in [4.69, 9.17) is 11.6 Å². The Hall–Kier alpha value is -3.17. The highest BCUT2D eigenvalue weighted by atomic mass is 35.5. The highest BCUT2D eigenvalue weighted by Gasteiger charge is 2.17. The normalized spacial score (nSPS) is 11.8. The highest BCUT2D eigenvalue weighted by molar-refractivity contribution is 7.19. The SMILES string of the molecule is CCCCCn1c(=O)n(CCCc2cnn(Cc3sc4ccccc4c3C)c2)c(=O)c2[nH]c(Cl)nc21. The van der Waals surface area contributed by atoms with Gasteiger partial charge in [-0.25, -0.2) is 4.79 Å². The van der Waals surface area contributed by atoms with Crippen molar-refractivity contribution in [1.82, 2.24) is 28.9 Å². The molecular formula is C26H29ClN6O2S. The molecule has 36 heavy (non-hydrogen) atoms. The predicted octanol–water partition coefficient (Wildman–Crippen LogP) is 5.13. The first kappa shape index (κ1) is 24.5. The third kappa shape index (κ3) is 4.77. The molecule has 1 aromatic carbocycles. The van der Waals surface area contributed by atoms with E-state index in [0.29, 0.717) is 25.2 Å². The molecule has 0 aliphatic rings. The van der Waals surface area contributed by atoms with Crippen LogP contribution in [0.3, 0.4) is 0 Å². The zero-order valence-electron chi connectivity index (χ0n) is 20.5. The lowest BCUT2D eigenvalue weighted by Crippen LogP contribution is -2.40. The van der Waals surface area contributed by atoms with Crippen LogP contribution in [0.2, 0.25) is 5.28 Å². The van der Waals surface area contributed by atoms with Gasteiger partial charge in [-0.1, -0.05) is 38.0 Å². The summed E-state index contributed by atoms with van der Waals surface area (Å²) in [6.07, 6.45) is 8.15. The summed E-state index contributed by atoms with van der Waals surface area (Å²) in [7, 11) is 0. The monoisotopic (exact) mass is 524 g/mol. The number of halogens is 1. The number of thiophene rings is 1. The van der Waals surface area contributed by atoms with E-state index in [1.165, 1.54) is 25.1 Å². The van der Waals surface area contributed by atoms with Crippen LogP contribution in [0.1, 0.15) is 48.6 Å². The molecular weight excluding hydrogens is 496 g/mol. The molecule has 0 aliphatic heterocycles. The van der Waals surface area contributed by atoms with Crippen molar-refractivity contribution in [2.45, 2.75) is 65.6 Å². The van der Waals surface area contributed by atoms with Crippen LogP contribution in [0.4, 0.5) is 0 Å². The Morgan fingerprint density at radius 2 is 1.89 bits per heavy atom. The van der Waals surface area contributed by atoms with Crippen LogP contribution in [0.5, 0.6) is 0 Å². The van der Waals surface area contributed by atoms with E-state index in [1.54, 1.807) is 15.9 Å². The Labute approximate surface area is 217 Å². The highest BCUT2D eigenvalue weighted by Crippen LogP contribution is 2.31. The molecule has 0 unspecified atom stereocenters. The molecule has 188 valence electrons. The second-order valence-corrected chi connectivity index (χ2v) is 10.6. The summed E-state index contributed by atoms with van der Waals surface area (Å²) in [6.45, 7) is 5.82. The number of aryl methyl sites for hydroxylation is 3. The first-order chi connectivity index (χ1) is 17.5. The lowest BCUT2D eigenvalue weighted by molar-refractivity contribution is 0.526. The molecule has 0 saturated heterocycles. The van der Waals surface area contributed by atoms with E-state index in [2.05, 4.69) is 53.2 Å². The van der Waals surface area contributed by atoms with E-state index < -0.39 is 0 Å². The van der Waals surface area contributed by atoms with Crippen molar-refractivity contribution in [2.24, 2.45) is 0 Å². The number of unbranched alkanes of at least 4 members (excludes halogenated alkanes) is 2. The van der Waals surface area contributed by atoms with Gasteiger partial charge in [-0.15, -0.1) is 11.3 Å². The standard InChI is InChI=1S/C26H29ClN6O2S/c1-3-4-7-12-32-23-22(29-25(27)30-23)24(34)33(26(32)35)13-8-9-18-14-28-31(15-18)16-21-17(2)19-10-5-6-11-20(19)36-21/h5-6,10-11,14-15H,3-4,7-9,12-13,16H2,1-2H3,(H,29,30). The van der Waals surface area contributed by atoms with Crippen LogP contribution < -0.4 is 11.2 Å². The van der Waals surface area contributed by atoms with Gasteiger partial charge in [0.1, 0.15) is 0 Å². The third-order valence-electron chi connectivity index (χ3n) is 6.60. The minimum atomic E-state index is -0.378. The van der Waals surface area contributed by atoms with Gasteiger partial charge in [0.2, 0.25) is 5.28 Å². The zero-order valence-corrected chi connectivity index (χ0v) is 22.0. The fourth-order valence-corrected chi connectivity index (χ4v) is 6.02. The quantitative estimate of drug-likeness (QED) is 0.202. The maximum absolute atomic E-state index is 13.2. The smallest absolute Gasteiger partial charge is 0.323 e. The van der Waals surface area contributed by atoms with Crippen molar-refractivity contribution in [2.75, 3.05) is 0 Å². The lowest BCUT2D eigenvalue weighted by atomic mass is 10.1. The van der Waals surface area contributed by atoms with Gasteiger partial charge in [0.15, 0.2) is 11.2 Å². The minimum absolute atomic E-state index is 0.116. The lowest BCUT2D eigenvalue weighted by Gasteiger charge is -2.11. The molecule has 0 aliphatic carbocycles. The molecule has 5 aromatic rings. The summed E-state index contributed by atoms with van der Waals surface area (Å²) in [4.78, 5) is 34.5. The number of nitrogens with zero attached hydrogens (tertiary/aromatic N) is 5. The number of aromatic amines is 1. The molecule has 10 heteroatoms. The summed E-state index contributed by atoms with van der Waals surface area (Å²) < 4.78 is 6.12. The summed E-state index contributed by atoms with van der Waals surface area (Å²) in [5.74, 6) is 0.